The third kappa shape index (κ3) is 4.34. The van der Waals surface area contributed by atoms with Crippen molar-refractivity contribution in [1.29, 1.82) is 0 Å². The number of carbonyl (C=O) groups is 1. The SMILES string of the molecule is CCCCCCc1c(C)c2ccc(OCC(=O)O)cc2oc1=O. The molecule has 0 unspecified atom stereocenters. The number of aliphatic carboxylic acids is 1. The molecule has 124 valence electrons. The molecule has 0 saturated heterocycles. The highest BCUT2D eigenvalue weighted by molar-refractivity contribution is 5.82. The average Bonchev–Trinajstić information content (AvgIpc) is 2.51. The fourth-order valence-corrected chi connectivity index (χ4v) is 2.63. The number of ether oxygens (including phenoxy) is 1. The molecule has 0 atom stereocenters. The van der Waals surface area contributed by atoms with Crippen molar-refractivity contribution < 1.29 is 19.1 Å². The normalized spacial score (nSPS) is 10.9. The van der Waals surface area contributed by atoms with Crippen LogP contribution >= 0.6 is 0 Å². The molecule has 0 fully saturated rings. The molecule has 0 aliphatic heterocycles. The van der Waals surface area contributed by atoms with Crippen LogP contribution in [0.1, 0.15) is 43.7 Å². The zero-order chi connectivity index (χ0) is 16.8. The molecule has 1 aromatic heterocycles. The van der Waals surface area contributed by atoms with Crippen LogP contribution in [0.25, 0.3) is 11.0 Å². The highest BCUT2D eigenvalue weighted by Gasteiger charge is 2.12. The van der Waals surface area contributed by atoms with Crippen LogP contribution in [-0.2, 0) is 11.2 Å². The first-order chi connectivity index (χ1) is 11.0. The van der Waals surface area contributed by atoms with E-state index in [2.05, 4.69) is 6.92 Å². The van der Waals surface area contributed by atoms with Gasteiger partial charge in [-0.05, 0) is 37.5 Å². The van der Waals surface area contributed by atoms with E-state index in [1.54, 1.807) is 18.2 Å². The highest BCUT2D eigenvalue weighted by atomic mass is 16.5. The van der Waals surface area contributed by atoms with Crippen molar-refractivity contribution in [2.45, 2.75) is 46.0 Å². The molecule has 1 aromatic carbocycles. The molecule has 0 aliphatic carbocycles. The van der Waals surface area contributed by atoms with Gasteiger partial charge < -0.3 is 14.3 Å². The molecule has 0 amide bonds. The van der Waals surface area contributed by atoms with Crippen molar-refractivity contribution in [2.24, 2.45) is 0 Å². The van der Waals surface area contributed by atoms with Crippen LogP contribution in [-0.4, -0.2) is 17.7 Å². The smallest absolute Gasteiger partial charge is 0.341 e. The van der Waals surface area contributed by atoms with E-state index in [1.165, 1.54) is 6.42 Å². The molecule has 0 spiro atoms. The maximum Gasteiger partial charge on any atom is 0.341 e. The van der Waals surface area contributed by atoms with Gasteiger partial charge in [-0.1, -0.05) is 26.2 Å². The van der Waals surface area contributed by atoms with Gasteiger partial charge in [-0.3, -0.25) is 0 Å². The zero-order valence-electron chi connectivity index (χ0n) is 13.6. The van der Waals surface area contributed by atoms with Crippen molar-refractivity contribution in [2.75, 3.05) is 6.61 Å². The minimum absolute atomic E-state index is 0.318. The van der Waals surface area contributed by atoms with E-state index in [4.69, 9.17) is 14.3 Å². The first-order valence-electron chi connectivity index (χ1n) is 7.94. The predicted octanol–water partition coefficient (Wildman–Crippen LogP) is 3.69. The second-order valence-corrected chi connectivity index (χ2v) is 5.64. The number of hydrogen-bond donors (Lipinski definition) is 1. The van der Waals surface area contributed by atoms with Gasteiger partial charge in [0.25, 0.3) is 0 Å². The lowest BCUT2D eigenvalue weighted by atomic mass is 10.0. The van der Waals surface area contributed by atoms with Gasteiger partial charge in [0.2, 0.25) is 0 Å². The molecule has 2 aromatic rings. The standard InChI is InChI=1S/C18H22O5/c1-3-4-5-6-7-15-12(2)14-9-8-13(22-11-17(19)20)10-16(14)23-18(15)21/h8-10H,3-7,11H2,1-2H3,(H,19,20). The highest BCUT2D eigenvalue weighted by Crippen LogP contribution is 2.25. The van der Waals surface area contributed by atoms with E-state index in [9.17, 15) is 9.59 Å². The topological polar surface area (TPSA) is 76.7 Å². The van der Waals surface area contributed by atoms with E-state index < -0.39 is 12.6 Å². The monoisotopic (exact) mass is 318 g/mol. The van der Waals surface area contributed by atoms with Crippen molar-refractivity contribution in [1.82, 2.24) is 0 Å². The molecule has 5 nitrogen and oxygen atoms in total. The summed E-state index contributed by atoms with van der Waals surface area (Å²) in [7, 11) is 0. The molecule has 1 heterocycles. The first-order valence-corrected chi connectivity index (χ1v) is 7.94. The summed E-state index contributed by atoms with van der Waals surface area (Å²) in [5.41, 5.74) is 1.76. The molecule has 2 rings (SSSR count). The predicted molar refractivity (Wildman–Crippen MR) is 88.2 cm³/mol. The fraction of sp³-hybridized carbons (Fsp3) is 0.444. The minimum Gasteiger partial charge on any atom is -0.482 e. The maximum atomic E-state index is 12.2. The summed E-state index contributed by atoms with van der Waals surface area (Å²) in [4.78, 5) is 22.7. The summed E-state index contributed by atoms with van der Waals surface area (Å²) in [6.45, 7) is 3.65. The maximum absolute atomic E-state index is 12.2. The van der Waals surface area contributed by atoms with Gasteiger partial charge in [0.15, 0.2) is 6.61 Å². The van der Waals surface area contributed by atoms with Gasteiger partial charge in [0.05, 0.1) is 0 Å². The van der Waals surface area contributed by atoms with E-state index in [0.29, 0.717) is 11.3 Å². The van der Waals surface area contributed by atoms with Gasteiger partial charge in [0.1, 0.15) is 11.3 Å². The first kappa shape index (κ1) is 17.1. The summed E-state index contributed by atoms with van der Waals surface area (Å²) < 4.78 is 10.5. The van der Waals surface area contributed by atoms with Gasteiger partial charge in [-0.2, -0.15) is 0 Å². The Kier molecular flexibility index (Phi) is 5.79. The third-order valence-electron chi connectivity index (χ3n) is 3.90. The Morgan fingerprint density at radius 2 is 2.04 bits per heavy atom. The second-order valence-electron chi connectivity index (χ2n) is 5.64. The molecule has 5 heteroatoms. The number of unbranched alkanes of at least 4 members (excludes halogenated alkanes) is 3. The van der Waals surface area contributed by atoms with E-state index in [1.807, 2.05) is 6.92 Å². The Morgan fingerprint density at radius 3 is 2.74 bits per heavy atom. The molecule has 23 heavy (non-hydrogen) atoms. The minimum atomic E-state index is -1.05. The number of rotatable bonds is 8. The molecular weight excluding hydrogens is 296 g/mol. The lowest BCUT2D eigenvalue weighted by Crippen LogP contribution is -2.11. The van der Waals surface area contributed by atoms with Crippen molar-refractivity contribution in [3.05, 3.63) is 39.7 Å². The molecule has 1 N–H and O–H groups in total. The van der Waals surface area contributed by atoms with Gasteiger partial charge >= 0.3 is 11.6 Å². The van der Waals surface area contributed by atoms with Crippen LogP contribution < -0.4 is 10.4 Å². The summed E-state index contributed by atoms with van der Waals surface area (Å²) in [6, 6.07) is 5.06. The number of aryl methyl sites for hydroxylation is 1. The molecule has 0 bridgehead atoms. The summed E-state index contributed by atoms with van der Waals surface area (Å²) in [5.74, 6) is -0.677. The van der Waals surface area contributed by atoms with Crippen LogP contribution in [0.15, 0.2) is 27.4 Å². The number of fused-ring (bicyclic) bond motifs is 1. The van der Waals surface area contributed by atoms with Crippen molar-refractivity contribution in [3.63, 3.8) is 0 Å². The molecule has 0 radical (unpaired) electrons. The Hall–Kier alpha value is -2.30. The lowest BCUT2D eigenvalue weighted by Gasteiger charge is -2.09. The van der Waals surface area contributed by atoms with Crippen molar-refractivity contribution in [3.8, 4) is 5.75 Å². The summed E-state index contributed by atoms with van der Waals surface area (Å²) in [5, 5.41) is 9.49. The quantitative estimate of drug-likeness (QED) is 0.593. The van der Waals surface area contributed by atoms with Crippen LogP contribution in [0.3, 0.4) is 0 Å². The fourth-order valence-electron chi connectivity index (χ4n) is 2.63. The van der Waals surface area contributed by atoms with Gasteiger partial charge in [0, 0.05) is 17.0 Å². The largest absolute Gasteiger partial charge is 0.482 e. The van der Waals surface area contributed by atoms with Gasteiger partial charge in [-0.15, -0.1) is 0 Å². The molecular formula is C18H22O5. The number of hydrogen-bond acceptors (Lipinski definition) is 4. The van der Waals surface area contributed by atoms with Crippen LogP contribution in [0.5, 0.6) is 5.75 Å². The number of carboxylic acids is 1. The lowest BCUT2D eigenvalue weighted by molar-refractivity contribution is -0.139. The average molecular weight is 318 g/mol. The van der Waals surface area contributed by atoms with Gasteiger partial charge in [-0.25, -0.2) is 9.59 Å². The second kappa shape index (κ2) is 7.81. The van der Waals surface area contributed by atoms with Crippen molar-refractivity contribution >= 4 is 16.9 Å². The van der Waals surface area contributed by atoms with Crippen LogP contribution in [0.2, 0.25) is 0 Å². The van der Waals surface area contributed by atoms with E-state index in [-0.39, 0.29) is 5.63 Å². The Labute approximate surface area is 134 Å². The van der Waals surface area contributed by atoms with E-state index in [0.717, 1.165) is 42.2 Å². The third-order valence-corrected chi connectivity index (χ3v) is 3.90. The Balaban J connectivity index is 2.26. The molecule has 0 saturated carbocycles. The summed E-state index contributed by atoms with van der Waals surface area (Å²) >= 11 is 0. The van der Waals surface area contributed by atoms with E-state index >= 15 is 0 Å². The molecule has 0 aliphatic rings. The Bertz CT molecular complexity index is 745. The zero-order valence-corrected chi connectivity index (χ0v) is 13.6. The number of benzene rings is 1. The van der Waals surface area contributed by atoms with Crippen LogP contribution in [0, 0.1) is 6.92 Å². The Morgan fingerprint density at radius 1 is 1.26 bits per heavy atom. The summed E-state index contributed by atoms with van der Waals surface area (Å²) in [6.07, 6.45) is 5.13. The van der Waals surface area contributed by atoms with Crippen LogP contribution in [0.4, 0.5) is 0 Å². The number of carboxylic acid groups (broad SMARTS) is 1.